The molecule has 2 heteroatoms. The number of methoxy groups -OCH3 is 1. The lowest BCUT2D eigenvalue weighted by atomic mass is 9.44. The molecule has 1 N–H and O–H groups in total. The van der Waals surface area contributed by atoms with Crippen LogP contribution in [0.2, 0.25) is 0 Å². The van der Waals surface area contributed by atoms with Crippen molar-refractivity contribution in [3.8, 4) is 12.3 Å². The molecule has 24 heavy (non-hydrogen) atoms. The Hall–Kier alpha value is -0.520. The molecule has 4 aliphatic carbocycles. The third-order valence-corrected chi connectivity index (χ3v) is 9.19. The lowest BCUT2D eigenvalue weighted by Crippen LogP contribution is -2.56. The van der Waals surface area contributed by atoms with Gasteiger partial charge in [-0.1, -0.05) is 19.8 Å². The van der Waals surface area contributed by atoms with E-state index in [1.54, 1.807) is 0 Å². The summed E-state index contributed by atoms with van der Waals surface area (Å²) >= 11 is 0. The predicted molar refractivity (Wildman–Crippen MR) is 96.3 cm³/mol. The van der Waals surface area contributed by atoms with Gasteiger partial charge < -0.3 is 9.84 Å². The molecule has 4 aliphatic rings. The van der Waals surface area contributed by atoms with E-state index < -0.39 is 5.60 Å². The van der Waals surface area contributed by atoms with Gasteiger partial charge in [0.25, 0.3) is 0 Å². The average molecular weight is 331 g/mol. The Labute approximate surface area is 147 Å². The van der Waals surface area contributed by atoms with Crippen LogP contribution >= 0.6 is 0 Å². The van der Waals surface area contributed by atoms with Crippen molar-refractivity contribution in [3.63, 3.8) is 0 Å². The Kier molecular flexibility index (Phi) is 3.87. The normalized spacial score (nSPS) is 56.7. The summed E-state index contributed by atoms with van der Waals surface area (Å²) < 4.78 is 5.88. The van der Waals surface area contributed by atoms with E-state index in [0.717, 1.165) is 37.0 Å². The van der Waals surface area contributed by atoms with Gasteiger partial charge in [0.15, 0.2) is 0 Å². The Balaban J connectivity index is 1.60. The summed E-state index contributed by atoms with van der Waals surface area (Å²) in [5.41, 5.74) is -0.0550. The van der Waals surface area contributed by atoms with Crippen LogP contribution in [0.4, 0.5) is 0 Å². The van der Waals surface area contributed by atoms with Crippen molar-refractivity contribution in [3.05, 3.63) is 0 Å². The molecule has 0 aromatic rings. The zero-order valence-electron chi connectivity index (χ0n) is 15.7. The second-order valence-corrected chi connectivity index (χ2v) is 9.88. The van der Waals surface area contributed by atoms with Crippen LogP contribution in [0.3, 0.4) is 0 Å². The smallest absolute Gasteiger partial charge is 0.125 e. The molecule has 4 rings (SSSR count). The molecule has 134 valence electrons. The summed E-state index contributed by atoms with van der Waals surface area (Å²) in [5, 5.41) is 10.6. The second kappa shape index (κ2) is 5.49. The Morgan fingerprint density at radius 3 is 2.42 bits per heavy atom. The fraction of sp³-hybridized carbons (Fsp3) is 0.909. The summed E-state index contributed by atoms with van der Waals surface area (Å²) in [6, 6.07) is 0. The van der Waals surface area contributed by atoms with E-state index >= 15 is 0 Å². The number of hydrogen-bond acceptors (Lipinski definition) is 2. The molecule has 8 atom stereocenters. The number of ether oxygens (including phenoxy) is 1. The van der Waals surface area contributed by atoms with Gasteiger partial charge in [0.05, 0.1) is 6.10 Å². The standard InChI is InChI=1S/C22H34O2/c1-5-22(23)13-12-20(2)15(14-22)6-7-16-17-8-9-19(24-4)21(17,3)11-10-18(16)20/h1,15-19,23H,6-14H2,2-4H3/t15-,16-,17-,18-,19-,20-,21-,22-/m0/s1. The molecule has 4 fully saturated rings. The first-order chi connectivity index (χ1) is 11.4. The third-order valence-electron chi connectivity index (χ3n) is 9.19. The molecule has 0 spiro atoms. The molecule has 0 amide bonds. The zero-order valence-corrected chi connectivity index (χ0v) is 15.7. The molecule has 0 bridgehead atoms. The first-order valence-corrected chi connectivity index (χ1v) is 10.1. The highest BCUT2D eigenvalue weighted by atomic mass is 16.5. The van der Waals surface area contributed by atoms with E-state index in [1.807, 2.05) is 7.11 Å². The lowest BCUT2D eigenvalue weighted by molar-refractivity contribution is -0.146. The lowest BCUT2D eigenvalue weighted by Gasteiger charge is -2.61. The summed E-state index contributed by atoms with van der Waals surface area (Å²) in [5.74, 6) is 5.84. The molecular weight excluding hydrogens is 296 g/mol. The molecule has 0 saturated heterocycles. The van der Waals surface area contributed by atoms with Gasteiger partial charge in [-0.3, -0.25) is 0 Å². The monoisotopic (exact) mass is 330 g/mol. The van der Waals surface area contributed by atoms with Gasteiger partial charge in [0.2, 0.25) is 0 Å². The van der Waals surface area contributed by atoms with Crippen LogP contribution in [0, 0.1) is 46.8 Å². The van der Waals surface area contributed by atoms with Crippen molar-refractivity contribution in [1.82, 2.24) is 0 Å². The van der Waals surface area contributed by atoms with Gasteiger partial charge in [-0.15, -0.1) is 6.42 Å². The van der Waals surface area contributed by atoms with Crippen LogP contribution < -0.4 is 0 Å². The minimum Gasteiger partial charge on any atom is -0.381 e. The third kappa shape index (κ3) is 2.17. The van der Waals surface area contributed by atoms with E-state index in [1.165, 1.54) is 38.5 Å². The molecule has 4 saturated carbocycles. The summed E-state index contributed by atoms with van der Waals surface area (Å²) in [7, 11) is 1.91. The van der Waals surface area contributed by atoms with E-state index in [9.17, 15) is 5.11 Å². The summed E-state index contributed by atoms with van der Waals surface area (Å²) in [6.07, 6.45) is 16.7. The molecule has 2 nitrogen and oxygen atoms in total. The highest BCUT2D eigenvalue weighted by molar-refractivity contribution is 5.16. The van der Waals surface area contributed by atoms with E-state index in [-0.39, 0.29) is 0 Å². The van der Waals surface area contributed by atoms with E-state index in [0.29, 0.717) is 22.9 Å². The van der Waals surface area contributed by atoms with Crippen molar-refractivity contribution in [2.24, 2.45) is 34.5 Å². The van der Waals surface area contributed by atoms with Gasteiger partial charge in [0, 0.05) is 7.11 Å². The molecule has 0 unspecified atom stereocenters. The maximum absolute atomic E-state index is 10.6. The van der Waals surface area contributed by atoms with Crippen LogP contribution in [0.5, 0.6) is 0 Å². The highest BCUT2D eigenvalue weighted by Crippen LogP contribution is 2.67. The molecule has 0 radical (unpaired) electrons. The van der Waals surface area contributed by atoms with Gasteiger partial charge in [-0.05, 0) is 92.3 Å². The number of aliphatic hydroxyl groups is 1. The van der Waals surface area contributed by atoms with Crippen molar-refractivity contribution < 1.29 is 9.84 Å². The van der Waals surface area contributed by atoms with Gasteiger partial charge >= 0.3 is 0 Å². The zero-order chi connectivity index (χ0) is 17.2. The van der Waals surface area contributed by atoms with Crippen LogP contribution in [0.25, 0.3) is 0 Å². The maximum Gasteiger partial charge on any atom is 0.125 e. The van der Waals surface area contributed by atoms with Crippen LogP contribution in [0.1, 0.15) is 71.6 Å². The van der Waals surface area contributed by atoms with Gasteiger partial charge in [-0.2, -0.15) is 0 Å². The molecule has 0 heterocycles. The largest absolute Gasteiger partial charge is 0.381 e. The SMILES string of the molecule is C#C[C@]1(O)CC[C@@]2(C)[C@@H](CC[C@@H]3[C@@H]2CC[C@]2(C)[C@@H](OC)CC[C@@H]32)C1. The van der Waals surface area contributed by atoms with E-state index in [2.05, 4.69) is 19.8 Å². The summed E-state index contributed by atoms with van der Waals surface area (Å²) in [4.78, 5) is 0. The topological polar surface area (TPSA) is 29.5 Å². The maximum atomic E-state index is 10.6. The molecule has 0 aromatic carbocycles. The van der Waals surface area contributed by atoms with Crippen LogP contribution in [0.15, 0.2) is 0 Å². The molecule has 0 aliphatic heterocycles. The van der Waals surface area contributed by atoms with Crippen molar-refractivity contribution in [2.45, 2.75) is 83.3 Å². The minimum atomic E-state index is -0.839. The van der Waals surface area contributed by atoms with Crippen molar-refractivity contribution >= 4 is 0 Å². The Morgan fingerprint density at radius 2 is 1.71 bits per heavy atom. The van der Waals surface area contributed by atoms with Crippen molar-refractivity contribution in [1.29, 1.82) is 0 Å². The Bertz CT molecular complexity index is 551. The van der Waals surface area contributed by atoms with Crippen LogP contribution in [-0.2, 0) is 4.74 Å². The highest BCUT2D eigenvalue weighted by Gasteiger charge is 2.61. The quantitative estimate of drug-likeness (QED) is 0.722. The molecule has 0 aromatic heterocycles. The van der Waals surface area contributed by atoms with Crippen molar-refractivity contribution in [2.75, 3.05) is 7.11 Å². The van der Waals surface area contributed by atoms with Gasteiger partial charge in [-0.25, -0.2) is 0 Å². The molecular formula is C22H34O2. The number of rotatable bonds is 1. The van der Waals surface area contributed by atoms with Crippen LogP contribution in [-0.4, -0.2) is 23.9 Å². The fourth-order valence-electron chi connectivity index (χ4n) is 7.72. The number of fused-ring (bicyclic) bond motifs is 5. The van der Waals surface area contributed by atoms with Gasteiger partial charge in [0.1, 0.15) is 5.60 Å². The summed E-state index contributed by atoms with van der Waals surface area (Å²) in [6.45, 7) is 5.03. The minimum absolute atomic E-state index is 0.387. The number of hydrogen-bond donors (Lipinski definition) is 1. The first-order valence-electron chi connectivity index (χ1n) is 10.1. The number of terminal acetylenes is 1. The van der Waals surface area contributed by atoms with E-state index in [4.69, 9.17) is 11.2 Å². The second-order valence-electron chi connectivity index (χ2n) is 9.88. The average Bonchev–Trinajstić information content (AvgIpc) is 2.92. The first kappa shape index (κ1) is 16.9. The Morgan fingerprint density at radius 1 is 0.958 bits per heavy atom. The fourth-order valence-corrected chi connectivity index (χ4v) is 7.72. The predicted octanol–water partition coefficient (Wildman–Crippen LogP) is 4.41.